The Morgan fingerprint density at radius 2 is 2.05 bits per heavy atom. The molecule has 2 rings (SSSR count). The number of nitrogens with zero attached hydrogens (tertiary/aromatic N) is 1. The first kappa shape index (κ1) is 13.9. The van der Waals surface area contributed by atoms with E-state index in [4.69, 9.17) is 5.84 Å². The molecule has 1 amide bonds. The van der Waals surface area contributed by atoms with Gasteiger partial charge < -0.3 is 10.7 Å². The number of nitrogen functional groups attached to an aromatic ring is 1. The second-order valence-electron chi connectivity index (χ2n) is 3.99. The minimum atomic E-state index is -0.586. The first-order valence-corrected chi connectivity index (χ1v) is 5.75. The van der Waals surface area contributed by atoms with Crippen LogP contribution in [0.1, 0.15) is 16.1 Å². The molecule has 0 unspecified atom stereocenters. The Balaban J connectivity index is 2.06. The van der Waals surface area contributed by atoms with Crippen molar-refractivity contribution in [2.24, 2.45) is 5.84 Å². The molecule has 2 aromatic rings. The summed E-state index contributed by atoms with van der Waals surface area (Å²) < 4.78 is 26.4. The molecule has 0 saturated heterocycles. The van der Waals surface area contributed by atoms with Crippen molar-refractivity contribution in [3.63, 3.8) is 0 Å². The molecule has 0 radical (unpaired) electrons. The fourth-order valence-corrected chi connectivity index (χ4v) is 1.59. The van der Waals surface area contributed by atoms with E-state index in [1.165, 1.54) is 12.3 Å². The third-order valence-corrected chi connectivity index (χ3v) is 2.61. The zero-order chi connectivity index (χ0) is 14.5. The Labute approximate surface area is 113 Å². The van der Waals surface area contributed by atoms with Gasteiger partial charge in [0.15, 0.2) is 0 Å². The Kier molecular flexibility index (Phi) is 4.21. The minimum absolute atomic E-state index is 0.0615. The van der Waals surface area contributed by atoms with E-state index < -0.39 is 17.5 Å². The van der Waals surface area contributed by atoms with E-state index in [1.54, 1.807) is 6.07 Å². The van der Waals surface area contributed by atoms with Gasteiger partial charge in [-0.25, -0.2) is 8.78 Å². The Hall–Kier alpha value is -2.54. The lowest BCUT2D eigenvalue weighted by Gasteiger charge is -2.07. The zero-order valence-corrected chi connectivity index (χ0v) is 10.4. The molecule has 0 aliphatic heterocycles. The summed E-state index contributed by atoms with van der Waals surface area (Å²) in [6.45, 7) is -0.135. The standard InChI is InChI=1S/C13H12F2N4O/c14-9-1-2-11(15)8(5-9)7-18-13(20)12-6-10(19-16)3-4-17-12/h1-6H,7,16H2,(H,17,19)(H,18,20). The summed E-state index contributed by atoms with van der Waals surface area (Å²) in [6.07, 6.45) is 1.41. The molecule has 4 N–H and O–H groups in total. The van der Waals surface area contributed by atoms with Crippen LogP contribution in [0.4, 0.5) is 14.5 Å². The molecule has 0 aliphatic carbocycles. The van der Waals surface area contributed by atoms with Crippen LogP contribution in [-0.2, 0) is 6.54 Å². The minimum Gasteiger partial charge on any atom is -0.347 e. The van der Waals surface area contributed by atoms with Crippen LogP contribution in [0, 0.1) is 11.6 Å². The van der Waals surface area contributed by atoms with Gasteiger partial charge in [-0.1, -0.05) is 0 Å². The van der Waals surface area contributed by atoms with Gasteiger partial charge in [-0.15, -0.1) is 0 Å². The molecule has 0 bridgehead atoms. The van der Waals surface area contributed by atoms with Crippen LogP contribution in [0.15, 0.2) is 36.5 Å². The lowest BCUT2D eigenvalue weighted by Crippen LogP contribution is -2.24. The van der Waals surface area contributed by atoms with Crippen molar-refractivity contribution < 1.29 is 13.6 Å². The second kappa shape index (κ2) is 6.07. The number of nitrogens with two attached hydrogens (primary N) is 1. The number of benzene rings is 1. The number of hydrogen-bond acceptors (Lipinski definition) is 4. The Bertz CT molecular complexity index is 634. The molecule has 0 saturated carbocycles. The molecule has 0 atom stereocenters. The lowest BCUT2D eigenvalue weighted by molar-refractivity contribution is 0.0945. The highest BCUT2D eigenvalue weighted by Crippen LogP contribution is 2.10. The number of carbonyl (C=O) groups excluding carboxylic acids is 1. The molecular formula is C13H12F2N4O. The molecule has 7 heteroatoms. The van der Waals surface area contributed by atoms with Crippen LogP contribution in [0.3, 0.4) is 0 Å². The lowest BCUT2D eigenvalue weighted by atomic mass is 10.2. The highest BCUT2D eigenvalue weighted by molar-refractivity contribution is 5.93. The fraction of sp³-hybridized carbons (Fsp3) is 0.0769. The van der Waals surface area contributed by atoms with Crippen LogP contribution < -0.4 is 16.6 Å². The summed E-state index contributed by atoms with van der Waals surface area (Å²) in [5.74, 6) is 3.56. The van der Waals surface area contributed by atoms with Crippen LogP contribution in [0.25, 0.3) is 0 Å². The predicted octanol–water partition coefficient (Wildman–Crippen LogP) is 1.58. The summed E-state index contributed by atoms with van der Waals surface area (Å²) in [5, 5.41) is 2.46. The quantitative estimate of drug-likeness (QED) is 0.586. The van der Waals surface area contributed by atoms with Gasteiger partial charge in [0.1, 0.15) is 17.3 Å². The number of anilines is 1. The van der Waals surface area contributed by atoms with Crippen molar-refractivity contribution in [2.75, 3.05) is 5.43 Å². The molecular weight excluding hydrogens is 266 g/mol. The number of nitrogens with one attached hydrogen (secondary N) is 2. The van der Waals surface area contributed by atoms with Crippen molar-refractivity contribution >= 4 is 11.6 Å². The summed E-state index contributed by atoms with van der Waals surface area (Å²) in [5.41, 5.74) is 3.08. The molecule has 5 nitrogen and oxygen atoms in total. The largest absolute Gasteiger partial charge is 0.347 e. The highest BCUT2D eigenvalue weighted by atomic mass is 19.1. The van der Waals surface area contributed by atoms with Crippen molar-refractivity contribution in [2.45, 2.75) is 6.54 Å². The van der Waals surface area contributed by atoms with E-state index in [0.29, 0.717) is 5.69 Å². The zero-order valence-electron chi connectivity index (χ0n) is 10.4. The van der Waals surface area contributed by atoms with Crippen molar-refractivity contribution in [1.82, 2.24) is 10.3 Å². The van der Waals surface area contributed by atoms with Crippen molar-refractivity contribution in [3.05, 3.63) is 59.4 Å². The molecule has 104 valence electrons. The average Bonchev–Trinajstić information content (AvgIpc) is 2.48. The maximum Gasteiger partial charge on any atom is 0.270 e. The smallest absolute Gasteiger partial charge is 0.270 e. The number of pyridine rings is 1. The van der Waals surface area contributed by atoms with Gasteiger partial charge in [0.05, 0.1) is 5.69 Å². The summed E-state index contributed by atoms with van der Waals surface area (Å²) in [6, 6.07) is 6.08. The van der Waals surface area contributed by atoms with Crippen LogP contribution in [0.2, 0.25) is 0 Å². The monoisotopic (exact) mass is 278 g/mol. The molecule has 1 heterocycles. The van der Waals surface area contributed by atoms with Crippen molar-refractivity contribution in [1.29, 1.82) is 0 Å². The SMILES string of the molecule is NNc1ccnc(C(=O)NCc2cc(F)ccc2F)c1. The maximum absolute atomic E-state index is 13.4. The van der Waals surface area contributed by atoms with Gasteiger partial charge in [-0.05, 0) is 30.3 Å². The van der Waals surface area contributed by atoms with E-state index in [0.717, 1.165) is 18.2 Å². The number of amides is 1. The highest BCUT2D eigenvalue weighted by Gasteiger charge is 2.10. The molecule has 1 aromatic carbocycles. The molecule has 20 heavy (non-hydrogen) atoms. The van der Waals surface area contributed by atoms with Gasteiger partial charge in [0.25, 0.3) is 5.91 Å². The van der Waals surface area contributed by atoms with Crippen LogP contribution in [0.5, 0.6) is 0 Å². The van der Waals surface area contributed by atoms with Gasteiger partial charge >= 0.3 is 0 Å². The van der Waals surface area contributed by atoms with E-state index in [-0.39, 0.29) is 17.8 Å². The normalized spacial score (nSPS) is 10.2. The summed E-state index contributed by atoms with van der Waals surface area (Å²) in [4.78, 5) is 15.7. The van der Waals surface area contributed by atoms with Crippen LogP contribution in [-0.4, -0.2) is 10.9 Å². The summed E-state index contributed by atoms with van der Waals surface area (Å²) >= 11 is 0. The third kappa shape index (κ3) is 3.27. The van der Waals surface area contributed by atoms with E-state index in [9.17, 15) is 13.6 Å². The number of rotatable bonds is 4. The predicted molar refractivity (Wildman–Crippen MR) is 69.6 cm³/mol. The summed E-state index contributed by atoms with van der Waals surface area (Å²) in [7, 11) is 0. The van der Waals surface area contributed by atoms with Gasteiger partial charge in [0.2, 0.25) is 0 Å². The number of carbonyl (C=O) groups is 1. The fourth-order valence-electron chi connectivity index (χ4n) is 1.59. The maximum atomic E-state index is 13.4. The van der Waals surface area contributed by atoms with Gasteiger partial charge in [-0.3, -0.25) is 15.6 Å². The Morgan fingerprint density at radius 1 is 1.25 bits per heavy atom. The topological polar surface area (TPSA) is 80.0 Å². The molecule has 1 aromatic heterocycles. The second-order valence-corrected chi connectivity index (χ2v) is 3.99. The Morgan fingerprint density at radius 3 is 2.80 bits per heavy atom. The first-order chi connectivity index (χ1) is 9.60. The average molecular weight is 278 g/mol. The van der Waals surface area contributed by atoms with Gasteiger partial charge in [0, 0.05) is 18.3 Å². The third-order valence-electron chi connectivity index (χ3n) is 2.61. The number of hydrazine groups is 1. The van der Waals surface area contributed by atoms with Crippen molar-refractivity contribution in [3.8, 4) is 0 Å². The number of aromatic nitrogens is 1. The molecule has 0 spiro atoms. The van der Waals surface area contributed by atoms with E-state index in [1.807, 2.05) is 0 Å². The molecule has 0 aliphatic rings. The number of hydrogen-bond donors (Lipinski definition) is 3. The molecule has 0 fully saturated rings. The number of halogens is 2. The first-order valence-electron chi connectivity index (χ1n) is 5.75. The van der Waals surface area contributed by atoms with Gasteiger partial charge in [-0.2, -0.15) is 0 Å². The van der Waals surface area contributed by atoms with E-state index >= 15 is 0 Å². The van der Waals surface area contributed by atoms with E-state index in [2.05, 4.69) is 15.7 Å². The van der Waals surface area contributed by atoms with Crippen LogP contribution >= 0.6 is 0 Å².